The number of carbonyl (C=O) groups is 1. The number of benzene rings is 1. The van der Waals surface area contributed by atoms with Crippen LogP contribution in [-0.4, -0.2) is 62.4 Å². The van der Waals surface area contributed by atoms with Gasteiger partial charge in [0.05, 0.1) is 13.0 Å². The second-order valence-corrected chi connectivity index (χ2v) is 7.52. The lowest BCUT2D eigenvalue weighted by atomic mass is 9.88. The molecular weight excluding hydrogens is 362 g/mol. The molecule has 1 amide bonds. The van der Waals surface area contributed by atoms with Crippen LogP contribution in [0.1, 0.15) is 31.7 Å². The molecule has 27 heavy (non-hydrogen) atoms. The van der Waals surface area contributed by atoms with E-state index < -0.39 is 0 Å². The highest BCUT2D eigenvalue weighted by atomic mass is 32.1. The minimum atomic E-state index is -0.146. The molecule has 150 valence electrons. The van der Waals surface area contributed by atoms with E-state index in [1.54, 1.807) is 14.2 Å². The van der Waals surface area contributed by atoms with Crippen molar-refractivity contribution in [2.75, 3.05) is 40.5 Å². The summed E-state index contributed by atoms with van der Waals surface area (Å²) in [4.78, 5) is 14.9. The Balaban J connectivity index is 2.12. The van der Waals surface area contributed by atoms with E-state index in [9.17, 15) is 4.79 Å². The van der Waals surface area contributed by atoms with Crippen molar-refractivity contribution in [1.29, 1.82) is 0 Å². The molecule has 0 spiro atoms. The fourth-order valence-corrected chi connectivity index (χ4v) is 3.71. The zero-order valence-electron chi connectivity index (χ0n) is 16.7. The smallest absolute Gasteiger partial charge is 0.225 e. The van der Waals surface area contributed by atoms with Gasteiger partial charge in [-0.3, -0.25) is 4.79 Å². The standard InChI is InChI=1S/C20H31N3O3S/c1-14(2)22-20(27)23-12-17(15-6-8-16(26-4)9-7-15)18(13-23)19(24)21-10-5-11-25-3/h6-9,14,17-18H,5,10-13H2,1-4H3,(H,21,24)(H,22,27)/t17-,18-/m0/s1. The molecule has 2 N–H and O–H groups in total. The number of methoxy groups -OCH3 is 2. The van der Waals surface area contributed by atoms with Gasteiger partial charge in [0.2, 0.25) is 5.91 Å². The van der Waals surface area contributed by atoms with Gasteiger partial charge in [-0.15, -0.1) is 0 Å². The monoisotopic (exact) mass is 393 g/mol. The van der Waals surface area contributed by atoms with Gasteiger partial charge in [-0.05, 0) is 50.2 Å². The Morgan fingerprint density at radius 3 is 2.56 bits per heavy atom. The molecule has 2 atom stereocenters. The number of hydrogen-bond acceptors (Lipinski definition) is 4. The third-order valence-electron chi connectivity index (χ3n) is 4.72. The molecule has 6 nitrogen and oxygen atoms in total. The number of likely N-dealkylation sites (tertiary alicyclic amines) is 1. The van der Waals surface area contributed by atoms with Gasteiger partial charge in [-0.1, -0.05) is 12.1 Å². The van der Waals surface area contributed by atoms with Crippen LogP contribution in [0.2, 0.25) is 0 Å². The molecule has 1 aliphatic rings. The van der Waals surface area contributed by atoms with E-state index in [0.717, 1.165) is 24.3 Å². The quantitative estimate of drug-likeness (QED) is 0.521. The molecule has 0 aliphatic carbocycles. The summed E-state index contributed by atoms with van der Waals surface area (Å²) in [6, 6.07) is 8.22. The Morgan fingerprint density at radius 1 is 1.26 bits per heavy atom. The molecule has 0 bridgehead atoms. The Bertz CT molecular complexity index is 621. The highest BCUT2D eigenvalue weighted by molar-refractivity contribution is 7.80. The van der Waals surface area contributed by atoms with Gasteiger partial charge in [0, 0.05) is 45.3 Å². The number of amides is 1. The topological polar surface area (TPSA) is 62.8 Å². The van der Waals surface area contributed by atoms with Crippen LogP contribution in [0.15, 0.2) is 24.3 Å². The first-order valence-electron chi connectivity index (χ1n) is 9.42. The van der Waals surface area contributed by atoms with Crippen molar-refractivity contribution in [3.05, 3.63) is 29.8 Å². The number of nitrogens with zero attached hydrogens (tertiary/aromatic N) is 1. The minimum Gasteiger partial charge on any atom is -0.497 e. The van der Waals surface area contributed by atoms with Crippen molar-refractivity contribution < 1.29 is 14.3 Å². The van der Waals surface area contributed by atoms with E-state index in [4.69, 9.17) is 21.7 Å². The average molecular weight is 394 g/mol. The molecule has 0 aromatic heterocycles. The van der Waals surface area contributed by atoms with Crippen LogP contribution in [-0.2, 0) is 9.53 Å². The van der Waals surface area contributed by atoms with Crippen molar-refractivity contribution in [2.24, 2.45) is 5.92 Å². The van der Waals surface area contributed by atoms with E-state index >= 15 is 0 Å². The van der Waals surface area contributed by atoms with Gasteiger partial charge < -0.3 is 25.0 Å². The molecular formula is C20H31N3O3S. The number of ether oxygens (including phenoxy) is 2. The first-order valence-corrected chi connectivity index (χ1v) is 9.83. The zero-order valence-corrected chi connectivity index (χ0v) is 17.5. The highest BCUT2D eigenvalue weighted by Crippen LogP contribution is 2.34. The first-order chi connectivity index (χ1) is 13.0. The summed E-state index contributed by atoms with van der Waals surface area (Å²) in [6.07, 6.45) is 0.805. The third-order valence-corrected chi connectivity index (χ3v) is 5.10. The van der Waals surface area contributed by atoms with E-state index in [1.165, 1.54) is 0 Å². The molecule has 1 heterocycles. The van der Waals surface area contributed by atoms with Crippen molar-refractivity contribution in [3.63, 3.8) is 0 Å². The maximum atomic E-state index is 12.8. The second kappa shape index (κ2) is 10.5. The number of rotatable bonds is 8. The Labute approximate surface area is 167 Å². The Kier molecular flexibility index (Phi) is 8.31. The summed E-state index contributed by atoms with van der Waals surface area (Å²) in [6.45, 7) is 6.72. The lowest BCUT2D eigenvalue weighted by Crippen LogP contribution is -2.42. The van der Waals surface area contributed by atoms with Crippen molar-refractivity contribution in [1.82, 2.24) is 15.5 Å². The van der Waals surface area contributed by atoms with Crippen LogP contribution in [0.25, 0.3) is 0 Å². The third kappa shape index (κ3) is 6.07. The normalized spacial score (nSPS) is 19.2. The molecule has 0 unspecified atom stereocenters. The van der Waals surface area contributed by atoms with Gasteiger partial charge in [0.25, 0.3) is 0 Å². The maximum Gasteiger partial charge on any atom is 0.225 e. The van der Waals surface area contributed by atoms with Crippen LogP contribution in [0.3, 0.4) is 0 Å². The fraction of sp³-hybridized carbons (Fsp3) is 0.600. The molecule has 1 aromatic carbocycles. The lowest BCUT2D eigenvalue weighted by molar-refractivity contribution is -0.124. The van der Waals surface area contributed by atoms with E-state index in [2.05, 4.69) is 29.4 Å². The van der Waals surface area contributed by atoms with Crippen LogP contribution >= 0.6 is 12.2 Å². The van der Waals surface area contributed by atoms with Gasteiger partial charge in [0.1, 0.15) is 5.75 Å². The van der Waals surface area contributed by atoms with E-state index in [1.807, 2.05) is 24.3 Å². The van der Waals surface area contributed by atoms with Crippen LogP contribution in [0, 0.1) is 5.92 Å². The summed E-state index contributed by atoms with van der Waals surface area (Å²) in [5.41, 5.74) is 1.13. The number of carbonyl (C=O) groups excluding carboxylic acids is 1. The van der Waals surface area contributed by atoms with Gasteiger partial charge in [-0.25, -0.2) is 0 Å². The summed E-state index contributed by atoms with van der Waals surface area (Å²) in [5.74, 6) is 0.825. The van der Waals surface area contributed by atoms with Crippen LogP contribution in [0.5, 0.6) is 5.75 Å². The van der Waals surface area contributed by atoms with Gasteiger partial charge >= 0.3 is 0 Å². The molecule has 1 aliphatic heterocycles. The summed E-state index contributed by atoms with van der Waals surface area (Å²) in [5, 5.41) is 7.04. The van der Waals surface area contributed by atoms with Crippen LogP contribution < -0.4 is 15.4 Å². The predicted molar refractivity (Wildman–Crippen MR) is 111 cm³/mol. The van der Waals surface area contributed by atoms with Crippen LogP contribution in [0.4, 0.5) is 0 Å². The maximum absolute atomic E-state index is 12.8. The lowest BCUT2D eigenvalue weighted by Gasteiger charge is -2.22. The van der Waals surface area contributed by atoms with Crippen molar-refractivity contribution >= 4 is 23.2 Å². The molecule has 7 heteroatoms. The Hall–Kier alpha value is -1.86. The van der Waals surface area contributed by atoms with E-state index in [0.29, 0.717) is 24.8 Å². The van der Waals surface area contributed by atoms with Gasteiger partial charge in [-0.2, -0.15) is 0 Å². The largest absolute Gasteiger partial charge is 0.497 e. The predicted octanol–water partition coefficient (Wildman–Crippen LogP) is 2.15. The minimum absolute atomic E-state index is 0.0711. The number of hydrogen-bond donors (Lipinski definition) is 2. The molecule has 0 saturated carbocycles. The SMILES string of the molecule is COCCCNC(=O)[C@H]1CN(C(=S)NC(C)C)C[C@H]1c1ccc(OC)cc1. The van der Waals surface area contributed by atoms with Crippen molar-refractivity contribution in [3.8, 4) is 5.75 Å². The molecule has 1 aromatic rings. The summed E-state index contributed by atoms with van der Waals surface area (Å²) < 4.78 is 10.3. The highest BCUT2D eigenvalue weighted by Gasteiger charge is 2.39. The first kappa shape index (κ1) is 21.4. The van der Waals surface area contributed by atoms with Gasteiger partial charge in [0.15, 0.2) is 5.11 Å². The average Bonchev–Trinajstić information content (AvgIpc) is 3.10. The zero-order chi connectivity index (χ0) is 19.8. The second-order valence-electron chi connectivity index (χ2n) is 7.13. The summed E-state index contributed by atoms with van der Waals surface area (Å²) >= 11 is 5.54. The molecule has 0 radical (unpaired) electrons. The summed E-state index contributed by atoms with van der Waals surface area (Å²) in [7, 11) is 3.32. The number of thiocarbonyl (C=S) groups is 1. The van der Waals surface area contributed by atoms with Crippen molar-refractivity contribution in [2.45, 2.75) is 32.2 Å². The molecule has 1 fully saturated rings. The molecule has 1 saturated heterocycles. The molecule has 2 rings (SSSR count). The Morgan fingerprint density at radius 2 is 1.96 bits per heavy atom. The number of nitrogens with one attached hydrogen (secondary N) is 2. The fourth-order valence-electron chi connectivity index (χ4n) is 3.32. The van der Waals surface area contributed by atoms with E-state index in [-0.39, 0.29) is 23.8 Å².